The van der Waals surface area contributed by atoms with Crippen molar-refractivity contribution in [2.75, 3.05) is 32.1 Å². The van der Waals surface area contributed by atoms with Crippen LogP contribution in [0.5, 0.6) is 0 Å². The van der Waals surface area contributed by atoms with Crippen molar-refractivity contribution in [3.05, 3.63) is 0 Å². The molecule has 126 valence electrons. The number of nitrogens with one attached hydrogen (secondary N) is 3. The Hall–Kier alpha value is 0.260. The van der Waals surface area contributed by atoms with Gasteiger partial charge in [-0.25, -0.2) is 13.1 Å². The fraction of sp³-hybridized carbons (Fsp3) is 0.917. The van der Waals surface area contributed by atoms with Gasteiger partial charge < -0.3 is 10.6 Å². The van der Waals surface area contributed by atoms with E-state index in [1.54, 1.807) is 7.05 Å². The lowest BCUT2D eigenvalue weighted by Gasteiger charge is -2.17. The van der Waals surface area contributed by atoms with Crippen molar-refractivity contribution in [1.82, 2.24) is 15.4 Å². The molecule has 2 unspecified atom stereocenters. The average Bonchev–Trinajstić information content (AvgIpc) is 2.80. The topological polar surface area (TPSA) is 82.6 Å². The number of nitrogens with zero attached hydrogens (tertiary/aromatic N) is 1. The summed E-state index contributed by atoms with van der Waals surface area (Å²) in [6, 6.07) is 0.466. The van der Waals surface area contributed by atoms with Crippen LogP contribution in [0.4, 0.5) is 0 Å². The van der Waals surface area contributed by atoms with Crippen LogP contribution in [0.25, 0.3) is 0 Å². The molecule has 0 saturated heterocycles. The molecule has 21 heavy (non-hydrogen) atoms. The highest BCUT2D eigenvalue weighted by atomic mass is 127. The Balaban J connectivity index is 0.00000400. The summed E-state index contributed by atoms with van der Waals surface area (Å²) in [5.74, 6) is 1.91. The minimum atomic E-state index is -3.12. The molecule has 1 aliphatic rings. The van der Waals surface area contributed by atoms with Crippen LogP contribution < -0.4 is 15.4 Å². The van der Waals surface area contributed by atoms with Crippen molar-refractivity contribution in [3.63, 3.8) is 0 Å². The monoisotopic (exact) mass is 450 g/mol. The number of rotatable bonds is 7. The molecule has 0 aromatic carbocycles. The van der Waals surface area contributed by atoms with E-state index in [0.717, 1.165) is 17.5 Å². The Bertz CT molecular complexity index is 417. The summed E-state index contributed by atoms with van der Waals surface area (Å²) in [5, 5.41) is 7.27. The molecular weight excluding hydrogens is 423 g/mol. The maximum atomic E-state index is 10.9. The molecule has 0 spiro atoms. The summed E-state index contributed by atoms with van der Waals surface area (Å²) in [7, 11) is -1.39. The number of guanidine groups is 1. The van der Waals surface area contributed by atoms with Gasteiger partial charge in [-0.1, -0.05) is 6.92 Å². The lowest BCUT2D eigenvalue weighted by atomic mass is 10.2. The number of halogens is 1. The Labute approximate surface area is 149 Å². The Kier molecular flexibility index (Phi) is 11.0. The van der Waals surface area contributed by atoms with E-state index in [2.05, 4.69) is 27.3 Å². The van der Waals surface area contributed by atoms with Crippen molar-refractivity contribution in [2.24, 2.45) is 4.99 Å². The van der Waals surface area contributed by atoms with E-state index in [1.807, 2.05) is 11.8 Å². The van der Waals surface area contributed by atoms with Crippen molar-refractivity contribution < 1.29 is 8.42 Å². The van der Waals surface area contributed by atoms with Gasteiger partial charge in [-0.15, -0.1) is 24.0 Å². The summed E-state index contributed by atoms with van der Waals surface area (Å²) < 4.78 is 24.3. The standard InChI is InChI=1S/C12H26N4O2S2.HI/c1-4-19-11-6-5-10(9-11)16-12(13-2)14-7-8-15-20(3,17)18;/h10-11,15H,4-9H2,1-3H3,(H2,13,14,16);1H. The Morgan fingerprint density at radius 3 is 2.62 bits per heavy atom. The molecule has 1 fully saturated rings. The number of hydrogen-bond acceptors (Lipinski definition) is 4. The van der Waals surface area contributed by atoms with Crippen LogP contribution in [0.15, 0.2) is 4.99 Å². The molecule has 0 amide bonds. The second-order valence-electron chi connectivity index (χ2n) is 4.90. The van der Waals surface area contributed by atoms with Gasteiger partial charge in [0.25, 0.3) is 0 Å². The van der Waals surface area contributed by atoms with E-state index < -0.39 is 10.0 Å². The van der Waals surface area contributed by atoms with Crippen LogP contribution in [0.1, 0.15) is 26.2 Å². The molecule has 0 aromatic rings. The smallest absolute Gasteiger partial charge is 0.208 e. The zero-order valence-corrected chi connectivity index (χ0v) is 16.8. The van der Waals surface area contributed by atoms with E-state index in [-0.39, 0.29) is 24.0 Å². The molecule has 0 aliphatic heterocycles. The molecule has 1 aliphatic carbocycles. The summed E-state index contributed by atoms with van der Waals surface area (Å²) >= 11 is 2.02. The maximum Gasteiger partial charge on any atom is 0.208 e. The third-order valence-electron chi connectivity index (χ3n) is 3.13. The highest BCUT2D eigenvalue weighted by Crippen LogP contribution is 2.29. The van der Waals surface area contributed by atoms with Gasteiger partial charge in [0.1, 0.15) is 0 Å². The first-order valence-corrected chi connectivity index (χ1v) is 9.92. The Morgan fingerprint density at radius 2 is 2.05 bits per heavy atom. The normalized spacial score (nSPS) is 22.7. The van der Waals surface area contributed by atoms with Gasteiger partial charge in [0.15, 0.2) is 5.96 Å². The van der Waals surface area contributed by atoms with Gasteiger partial charge >= 0.3 is 0 Å². The van der Waals surface area contributed by atoms with Crippen molar-refractivity contribution in [3.8, 4) is 0 Å². The molecule has 3 N–H and O–H groups in total. The van der Waals surface area contributed by atoms with E-state index in [1.165, 1.54) is 25.0 Å². The minimum Gasteiger partial charge on any atom is -0.355 e. The van der Waals surface area contributed by atoms with E-state index in [4.69, 9.17) is 0 Å². The fourth-order valence-corrected chi connectivity index (χ4v) is 3.88. The largest absolute Gasteiger partial charge is 0.355 e. The minimum absolute atomic E-state index is 0. The number of hydrogen-bond donors (Lipinski definition) is 3. The summed E-state index contributed by atoms with van der Waals surface area (Å²) in [6.07, 6.45) is 4.74. The summed E-state index contributed by atoms with van der Waals surface area (Å²) in [5.41, 5.74) is 0. The molecular formula is C12H27IN4O2S2. The zero-order valence-electron chi connectivity index (χ0n) is 12.9. The molecule has 2 atom stereocenters. The molecule has 1 saturated carbocycles. The number of sulfonamides is 1. The van der Waals surface area contributed by atoms with E-state index in [0.29, 0.717) is 19.1 Å². The van der Waals surface area contributed by atoms with Gasteiger partial charge in [0.05, 0.1) is 6.26 Å². The van der Waals surface area contributed by atoms with Gasteiger partial charge in [0, 0.05) is 31.4 Å². The SMILES string of the molecule is CCSC1CCC(NC(=NC)NCCNS(C)(=O)=O)C1.I. The molecule has 0 bridgehead atoms. The molecule has 6 nitrogen and oxygen atoms in total. The van der Waals surface area contributed by atoms with Crippen LogP contribution in [0.3, 0.4) is 0 Å². The second-order valence-corrected chi connectivity index (χ2v) is 8.31. The van der Waals surface area contributed by atoms with Crippen molar-refractivity contribution in [1.29, 1.82) is 0 Å². The summed E-state index contributed by atoms with van der Waals surface area (Å²) in [4.78, 5) is 4.17. The lowest BCUT2D eigenvalue weighted by Crippen LogP contribution is -2.45. The second kappa shape index (κ2) is 10.9. The first-order valence-electron chi connectivity index (χ1n) is 6.98. The highest BCUT2D eigenvalue weighted by molar-refractivity contribution is 14.0. The Morgan fingerprint density at radius 1 is 1.33 bits per heavy atom. The quantitative estimate of drug-likeness (QED) is 0.233. The molecule has 1 rings (SSSR count). The first kappa shape index (κ1) is 21.3. The molecule has 9 heteroatoms. The molecule has 0 heterocycles. The van der Waals surface area contributed by atoms with Crippen LogP contribution >= 0.6 is 35.7 Å². The van der Waals surface area contributed by atoms with Crippen LogP contribution in [0, 0.1) is 0 Å². The molecule has 0 radical (unpaired) electrons. The van der Waals surface area contributed by atoms with Crippen molar-refractivity contribution in [2.45, 2.75) is 37.5 Å². The predicted molar refractivity (Wildman–Crippen MR) is 102 cm³/mol. The highest BCUT2D eigenvalue weighted by Gasteiger charge is 2.24. The van der Waals surface area contributed by atoms with Crippen LogP contribution in [0.2, 0.25) is 0 Å². The fourth-order valence-electron chi connectivity index (χ4n) is 2.26. The average molecular weight is 450 g/mol. The molecule has 0 aromatic heterocycles. The van der Waals surface area contributed by atoms with Crippen LogP contribution in [-0.4, -0.2) is 57.8 Å². The van der Waals surface area contributed by atoms with Gasteiger partial charge in [-0.3, -0.25) is 4.99 Å². The predicted octanol–water partition coefficient (Wildman–Crippen LogP) is 0.993. The zero-order chi connectivity index (χ0) is 15.0. The van der Waals surface area contributed by atoms with Crippen LogP contribution in [-0.2, 0) is 10.0 Å². The van der Waals surface area contributed by atoms with Crippen molar-refractivity contribution >= 4 is 51.7 Å². The number of thioether (sulfide) groups is 1. The van der Waals surface area contributed by atoms with E-state index >= 15 is 0 Å². The third kappa shape index (κ3) is 9.80. The maximum absolute atomic E-state index is 10.9. The van der Waals surface area contributed by atoms with E-state index in [9.17, 15) is 8.42 Å². The summed E-state index contributed by atoms with van der Waals surface area (Å²) in [6.45, 7) is 3.08. The number of aliphatic imine (C=N–C) groups is 1. The van der Waals surface area contributed by atoms with Gasteiger partial charge in [-0.2, -0.15) is 11.8 Å². The lowest BCUT2D eigenvalue weighted by molar-refractivity contribution is 0.584. The van der Waals surface area contributed by atoms with Gasteiger partial charge in [0.2, 0.25) is 10.0 Å². The first-order chi connectivity index (χ1) is 9.44. The van der Waals surface area contributed by atoms with Gasteiger partial charge in [-0.05, 0) is 25.0 Å². The third-order valence-corrected chi connectivity index (χ3v) is 5.09.